The third-order valence-electron chi connectivity index (χ3n) is 4.65. The van der Waals surface area contributed by atoms with Crippen LogP contribution in [0.15, 0.2) is 46.2 Å². The molecule has 1 aliphatic heterocycles. The lowest BCUT2D eigenvalue weighted by molar-refractivity contribution is -0.112. The van der Waals surface area contributed by atoms with E-state index in [0.29, 0.717) is 21.9 Å². The molecule has 0 fully saturated rings. The van der Waals surface area contributed by atoms with Crippen molar-refractivity contribution in [2.45, 2.75) is 18.7 Å². The lowest BCUT2D eigenvalue weighted by Gasteiger charge is -2.10. The SMILES string of the molecule is C=S1(=O)C=Cc2ccc(NC(=O)C(C#N)=Cc3cc(C)c(C)c(OC)c3)cc21. The highest BCUT2D eigenvalue weighted by atomic mass is 32.2. The Balaban J connectivity index is 1.89. The van der Waals surface area contributed by atoms with Crippen molar-refractivity contribution in [3.63, 3.8) is 0 Å². The quantitative estimate of drug-likeness (QED) is 0.486. The molecule has 1 aliphatic rings. The summed E-state index contributed by atoms with van der Waals surface area (Å²) < 4.78 is 17.8. The highest BCUT2D eigenvalue weighted by Crippen LogP contribution is 2.29. The van der Waals surface area contributed by atoms with Gasteiger partial charge in [0.15, 0.2) is 0 Å². The number of nitrogens with zero attached hydrogens (tertiary/aromatic N) is 1. The molecule has 1 unspecified atom stereocenters. The molecule has 0 aliphatic carbocycles. The first-order valence-corrected chi connectivity index (χ1v) is 10.3. The number of hydrogen-bond acceptors (Lipinski definition) is 4. The molecule has 28 heavy (non-hydrogen) atoms. The number of aryl methyl sites for hydroxylation is 1. The molecule has 0 spiro atoms. The van der Waals surface area contributed by atoms with Crippen molar-refractivity contribution in [3.05, 3.63) is 63.6 Å². The maximum absolute atomic E-state index is 12.6. The summed E-state index contributed by atoms with van der Waals surface area (Å²) in [6.07, 6.45) is 3.27. The Morgan fingerprint density at radius 3 is 2.71 bits per heavy atom. The van der Waals surface area contributed by atoms with Gasteiger partial charge in [-0.1, -0.05) is 12.1 Å². The van der Waals surface area contributed by atoms with Crippen molar-refractivity contribution in [2.24, 2.45) is 0 Å². The Morgan fingerprint density at radius 1 is 1.29 bits per heavy atom. The molecule has 0 radical (unpaired) electrons. The highest BCUT2D eigenvalue weighted by Gasteiger charge is 2.17. The minimum atomic E-state index is -2.48. The number of anilines is 1. The Bertz CT molecular complexity index is 1180. The molecule has 1 atom stereocenters. The van der Waals surface area contributed by atoms with Crippen LogP contribution in [-0.2, 0) is 14.3 Å². The lowest BCUT2D eigenvalue weighted by atomic mass is 10.0. The molecule has 1 N–H and O–H groups in total. The van der Waals surface area contributed by atoms with E-state index in [2.05, 4.69) is 11.2 Å². The normalized spacial score (nSPS) is 17.7. The second kappa shape index (κ2) is 7.37. The molecule has 2 aromatic carbocycles. The van der Waals surface area contributed by atoms with E-state index in [4.69, 9.17) is 4.74 Å². The molecule has 1 amide bonds. The molecule has 0 saturated carbocycles. The van der Waals surface area contributed by atoms with Crippen LogP contribution in [0.4, 0.5) is 5.69 Å². The Labute approximate surface area is 165 Å². The molecule has 142 valence electrons. The Hall–Kier alpha value is -3.30. The molecular weight excluding hydrogens is 372 g/mol. The number of hydrogen-bond donors (Lipinski definition) is 1. The van der Waals surface area contributed by atoms with Crippen molar-refractivity contribution < 1.29 is 13.7 Å². The summed E-state index contributed by atoms with van der Waals surface area (Å²) in [6.45, 7) is 3.89. The van der Waals surface area contributed by atoms with E-state index >= 15 is 0 Å². The summed E-state index contributed by atoms with van der Waals surface area (Å²) in [5, 5.41) is 13.7. The summed E-state index contributed by atoms with van der Waals surface area (Å²) in [7, 11) is -0.900. The molecule has 3 rings (SSSR count). The van der Waals surface area contributed by atoms with E-state index in [1.54, 1.807) is 42.9 Å². The van der Waals surface area contributed by atoms with Crippen LogP contribution in [0.1, 0.15) is 22.3 Å². The first-order valence-electron chi connectivity index (χ1n) is 8.53. The average molecular weight is 392 g/mol. The van der Waals surface area contributed by atoms with Gasteiger partial charge in [-0.15, -0.1) is 0 Å². The number of fused-ring (bicyclic) bond motifs is 1. The highest BCUT2D eigenvalue weighted by molar-refractivity contribution is 8.03. The Kier molecular flexibility index (Phi) is 5.12. The van der Waals surface area contributed by atoms with Crippen molar-refractivity contribution in [2.75, 3.05) is 12.4 Å². The Morgan fingerprint density at radius 2 is 2.04 bits per heavy atom. The number of ether oxygens (including phenoxy) is 1. The van der Waals surface area contributed by atoms with Gasteiger partial charge in [0.05, 0.1) is 7.11 Å². The topological polar surface area (TPSA) is 79.2 Å². The number of nitriles is 1. The number of nitrogens with one attached hydrogen (secondary N) is 1. The van der Waals surface area contributed by atoms with Gasteiger partial charge in [0, 0.05) is 20.1 Å². The minimum Gasteiger partial charge on any atom is -0.496 e. The van der Waals surface area contributed by atoms with Crippen molar-refractivity contribution >= 4 is 39.1 Å². The number of amides is 1. The summed E-state index contributed by atoms with van der Waals surface area (Å²) in [6, 6.07) is 10.7. The zero-order valence-electron chi connectivity index (χ0n) is 15.9. The molecule has 2 aromatic rings. The maximum Gasteiger partial charge on any atom is 0.266 e. The second-order valence-electron chi connectivity index (χ2n) is 6.57. The average Bonchev–Trinajstić information content (AvgIpc) is 2.96. The first kappa shape index (κ1) is 19.5. The molecule has 0 aromatic heterocycles. The van der Waals surface area contributed by atoms with Gasteiger partial charge in [0.25, 0.3) is 5.91 Å². The monoisotopic (exact) mass is 392 g/mol. The minimum absolute atomic E-state index is 0.0423. The fourth-order valence-corrected chi connectivity index (χ4v) is 4.34. The third kappa shape index (κ3) is 3.71. The predicted molar refractivity (Wildman–Crippen MR) is 114 cm³/mol. The van der Waals surface area contributed by atoms with Gasteiger partial charge in [0.2, 0.25) is 0 Å². The van der Waals surface area contributed by atoms with E-state index in [9.17, 15) is 14.3 Å². The van der Waals surface area contributed by atoms with E-state index in [-0.39, 0.29) is 5.57 Å². The molecule has 0 bridgehead atoms. The number of carbonyl (C=O) groups is 1. The van der Waals surface area contributed by atoms with Gasteiger partial charge < -0.3 is 10.1 Å². The molecule has 1 heterocycles. The molecule has 0 saturated heterocycles. The smallest absolute Gasteiger partial charge is 0.266 e. The largest absolute Gasteiger partial charge is 0.496 e. The lowest BCUT2D eigenvalue weighted by Crippen LogP contribution is -2.13. The van der Waals surface area contributed by atoms with Crippen LogP contribution in [0.5, 0.6) is 5.75 Å². The van der Waals surface area contributed by atoms with Crippen molar-refractivity contribution in [1.29, 1.82) is 5.26 Å². The fourth-order valence-electron chi connectivity index (χ4n) is 2.97. The van der Waals surface area contributed by atoms with Gasteiger partial charge in [0.1, 0.15) is 17.4 Å². The molecular formula is C22H20N2O3S. The van der Waals surface area contributed by atoms with Crippen LogP contribution in [0.2, 0.25) is 0 Å². The zero-order chi connectivity index (χ0) is 20.5. The van der Waals surface area contributed by atoms with E-state index < -0.39 is 15.4 Å². The predicted octanol–water partition coefficient (Wildman–Crippen LogP) is 3.92. The van der Waals surface area contributed by atoms with Gasteiger partial charge in [-0.3, -0.25) is 9.00 Å². The van der Waals surface area contributed by atoms with Gasteiger partial charge in [-0.2, -0.15) is 5.26 Å². The maximum atomic E-state index is 12.6. The van der Waals surface area contributed by atoms with Crippen molar-refractivity contribution in [1.82, 2.24) is 0 Å². The third-order valence-corrected chi connectivity index (χ3v) is 6.32. The first-order chi connectivity index (χ1) is 13.2. The molecule has 6 heteroatoms. The number of benzene rings is 2. The van der Waals surface area contributed by atoms with Gasteiger partial charge in [-0.05, 0) is 77.7 Å². The summed E-state index contributed by atoms with van der Waals surface area (Å²) in [5.41, 5.74) is 3.94. The van der Waals surface area contributed by atoms with E-state index in [1.165, 1.54) is 6.08 Å². The van der Waals surface area contributed by atoms with E-state index in [1.807, 2.05) is 26.0 Å². The number of methoxy groups -OCH3 is 1. The molecule has 5 nitrogen and oxygen atoms in total. The second-order valence-corrected chi connectivity index (χ2v) is 8.74. The van der Waals surface area contributed by atoms with Crippen LogP contribution in [-0.4, -0.2) is 23.1 Å². The zero-order valence-corrected chi connectivity index (χ0v) is 16.7. The van der Waals surface area contributed by atoms with Gasteiger partial charge in [-0.25, -0.2) is 0 Å². The van der Waals surface area contributed by atoms with Crippen LogP contribution in [0, 0.1) is 25.2 Å². The van der Waals surface area contributed by atoms with Crippen LogP contribution in [0.25, 0.3) is 12.2 Å². The summed E-state index contributed by atoms with van der Waals surface area (Å²) in [5.74, 6) is 3.88. The van der Waals surface area contributed by atoms with Crippen LogP contribution >= 0.6 is 0 Å². The van der Waals surface area contributed by atoms with E-state index in [0.717, 1.165) is 16.7 Å². The fraction of sp³-hybridized carbons (Fsp3) is 0.136. The summed E-state index contributed by atoms with van der Waals surface area (Å²) in [4.78, 5) is 13.2. The number of rotatable bonds is 4. The van der Waals surface area contributed by atoms with Gasteiger partial charge >= 0.3 is 0 Å². The van der Waals surface area contributed by atoms with Crippen LogP contribution < -0.4 is 10.1 Å². The van der Waals surface area contributed by atoms with Crippen molar-refractivity contribution in [3.8, 4) is 11.8 Å². The standard InChI is InChI=1S/C22H20N2O3S/c1-14-9-16(11-20(27-3)15(14)2)10-18(13-23)22(25)24-19-6-5-17-7-8-28(4,26)21(17)12-19/h5-12H,4H2,1-3H3,(H,24,25). The van der Waals surface area contributed by atoms with Crippen LogP contribution in [0.3, 0.4) is 0 Å². The number of carbonyl (C=O) groups excluding carboxylic acids is 1. The summed E-state index contributed by atoms with van der Waals surface area (Å²) >= 11 is 0.